The molecule has 2 aliphatic rings. The Morgan fingerprint density at radius 3 is 2.75 bits per heavy atom. The average Bonchev–Trinajstić information content (AvgIpc) is 2.67. The summed E-state index contributed by atoms with van der Waals surface area (Å²) >= 11 is 0. The second kappa shape index (κ2) is 7.63. The maximum Gasteiger partial charge on any atom is 0.254 e. The minimum absolute atomic E-state index is 0.00317. The van der Waals surface area contributed by atoms with Gasteiger partial charge in [-0.2, -0.15) is 0 Å². The van der Waals surface area contributed by atoms with Gasteiger partial charge in [0.15, 0.2) is 0 Å². The molecule has 0 saturated carbocycles. The molecule has 3 heterocycles. The lowest BCUT2D eigenvalue weighted by atomic mass is 9.71. The number of nitrogens with zero attached hydrogens (tertiary/aromatic N) is 3. The summed E-state index contributed by atoms with van der Waals surface area (Å²) in [5.74, 6) is 0.639. The smallest absolute Gasteiger partial charge is 0.254 e. The Hall–Kier alpha value is -2.27. The van der Waals surface area contributed by atoms with Crippen molar-refractivity contribution in [2.24, 2.45) is 5.41 Å². The van der Waals surface area contributed by atoms with E-state index in [4.69, 9.17) is 4.98 Å². The van der Waals surface area contributed by atoms with Crippen molar-refractivity contribution in [2.45, 2.75) is 59.4 Å². The molecule has 0 aromatic carbocycles. The van der Waals surface area contributed by atoms with E-state index in [0.717, 1.165) is 49.3 Å². The molecule has 0 fully saturated rings. The van der Waals surface area contributed by atoms with Crippen molar-refractivity contribution < 1.29 is 0 Å². The Bertz CT molecular complexity index is 943. The first-order valence-electron chi connectivity index (χ1n) is 10.4. The van der Waals surface area contributed by atoms with Crippen LogP contribution in [0.4, 0.5) is 0 Å². The Labute approximate surface area is 166 Å². The van der Waals surface area contributed by atoms with Gasteiger partial charge in [-0.3, -0.25) is 14.7 Å². The molecule has 4 rings (SSSR count). The van der Waals surface area contributed by atoms with E-state index >= 15 is 0 Å². The molecular weight excluding hydrogens is 348 g/mol. The van der Waals surface area contributed by atoms with Crippen LogP contribution in [0.1, 0.15) is 57.7 Å². The van der Waals surface area contributed by atoms with Crippen LogP contribution in [0.3, 0.4) is 0 Å². The van der Waals surface area contributed by atoms with Crippen LogP contribution in [-0.4, -0.2) is 32.9 Å². The lowest BCUT2D eigenvalue weighted by Crippen LogP contribution is -2.36. The Morgan fingerprint density at radius 1 is 1.21 bits per heavy atom. The van der Waals surface area contributed by atoms with Crippen molar-refractivity contribution in [3.63, 3.8) is 0 Å². The Morgan fingerprint density at radius 2 is 2.00 bits per heavy atom. The maximum atomic E-state index is 12.6. The van der Waals surface area contributed by atoms with Gasteiger partial charge < -0.3 is 4.98 Å². The van der Waals surface area contributed by atoms with Gasteiger partial charge in [0.2, 0.25) is 0 Å². The van der Waals surface area contributed by atoms with E-state index in [9.17, 15) is 4.79 Å². The van der Waals surface area contributed by atoms with Gasteiger partial charge in [-0.05, 0) is 56.6 Å². The van der Waals surface area contributed by atoms with Gasteiger partial charge in [0.25, 0.3) is 5.56 Å². The summed E-state index contributed by atoms with van der Waals surface area (Å²) < 4.78 is 0. The number of allylic oxidation sites excluding steroid dienone is 1. The summed E-state index contributed by atoms with van der Waals surface area (Å²) in [5.41, 5.74) is 6.22. The standard InChI is InChI=1S/C23H30N4O/c1-16-5-4-10-23(2,3)19(16)9-14-27-13-8-18-20(15-27)25-21(26-22(18)28)17-6-11-24-12-7-17/h6-7,11-12H,4-5,8-10,13-15H2,1-3H3,(H,25,26,28). The summed E-state index contributed by atoms with van der Waals surface area (Å²) in [6, 6.07) is 3.76. The SMILES string of the molecule is CC1=C(CCN2CCc3c(nc(-c4ccncc4)[nH]c3=O)C2)C(C)(C)CCC1. The molecule has 2 aromatic rings. The molecule has 0 atom stereocenters. The molecule has 1 aliphatic carbocycles. The number of hydrogen-bond acceptors (Lipinski definition) is 4. The lowest BCUT2D eigenvalue weighted by Gasteiger charge is -2.36. The first-order chi connectivity index (χ1) is 13.4. The topological polar surface area (TPSA) is 61.9 Å². The fraction of sp³-hybridized carbons (Fsp3) is 0.522. The van der Waals surface area contributed by atoms with Crippen molar-refractivity contribution in [3.8, 4) is 11.4 Å². The molecule has 0 bridgehead atoms. The van der Waals surface area contributed by atoms with Crippen molar-refractivity contribution >= 4 is 0 Å². The number of pyridine rings is 1. The largest absolute Gasteiger partial charge is 0.306 e. The predicted molar refractivity (Wildman–Crippen MR) is 112 cm³/mol. The van der Waals surface area contributed by atoms with Gasteiger partial charge in [0.1, 0.15) is 5.82 Å². The van der Waals surface area contributed by atoms with E-state index < -0.39 is 0 Å². The molecule has 148 valence electrons. The lowest BCUT2D eigenvalue weighted by molar-refractivity contribution is 0.241. The normalized spacial score (nSPS) is 19.5. The zero-order chi connectivity index (χ0) is 19.7. The van der Waals surface area contributed by atoms with Crippen LogP contribution in [0.5, 0.6) is 0 Å². The van der Waals surface area contributed by atoms with E-state index in [-0.39, 0.29) is 5.56 Å². The van der Waals surface area contributed by atoms with E-state index in [1.54, 1.807) is 23.5 Å². The van der Waals surface area contributed by atoms with Crippen molar-refractivity contribution in [1.29, 1.82) is 0 Å². The highest BCUT2D eigenvalue weighted by molar-refractivity contribution is 5.54. The maximum absolute atomic E-state index is 12.6. The van der Waals surface area contributed by atoms with E-state index in [2.05, 4.69) is 35.6 Å². The van der Waals surface area contributed by atoms with E-state index in [1.165, 1.54) is 19.3 Å². The molecule has 1 N–H and O–H groups in total. The number of fused-ring (bicyclic) bond motifs is 1. The van der Waals surface area contributed by atoms with Crippen LogP contribution in [0.2, 0.25) is 0 Å². The molecule has 5 nitrogen and oxygen atoms in total. The molecule has 0 spiro atoms. The second-order valence-corrected chi connectivity index (χ2v) is 8.85. The summed E-state index contributed by atoms with van der Waals surface area (Å²) in [4.78, 5) is 26.8. The van der Waals surface area contributed by atoms with Gasteiger partial charge in [-0.15, -0.1) is 0 Å². The number of aromatic amines is 1. The average molecular weight is 379 g/mol. The molecule has 0 radical (unpaired) electrons. The molecule has 28 heavy (non-hydrogen) atoms. The summed E-state index contributed by atoms with van der Waals surface area (Å²) in [5, 5.41) is 0. The summed E-state index contributed by atoms with van der Waals surface area (Å²) in [6.45, 7) is 9.80. The third kappa shape index (κ3) is 3.81. The number of H-pyrrole nitrogens is 1. The van der Waals surface area contributed by atoms with Gasteiger partial charge in [-0.1, -0.05) is 25.0 Å². The fourth-order valence-electron chi connectivity index (χ4n) is 4.83. The zero-order valence-electron chi connectivity index (χ0n) is 17.2. The molecule has 0 amide bonds. The number of hydrogen-bond donors (Lipinski definition) is 1. The molecule has 0 saturated heterocycles. The predicted octanol–water partition coefficient (Wildman–Crippen LogP) is 4.11. The highest BCUT2D eigenvalue weighted by Gasteiger charge is 2.29. The molecular formula is C23H30N4O. The Balaban J connectivity index is 1.52. The highest BCUT2D eigenvalue weighted by Crippen LogP contribution is 2.41. The number of aromatic nitrogens is 3. The quantitative estimate of drug-likeness (QED) is 0.814. The molecule has 0 unspecified atom stereocenters. The van der Waals surface area contributed by atoms with Crippen LogP contribution < -0.4 is 5.56 Å². The minimum atomic E-state index is 0.00317. The molecule has 1 aliphatic heterocycles. The van der Waals surface area contributed by atoms with Crippen LogP contribution >= 0.6 is 0 Å². The monoisotopic (exact) mass is 378 g/mol. The first kappa shape index (κ1) is 19.1. The summed E-state index contributed by atoms with van der Waals surface area (Å²) in [6.07, 6.45) is 9.18. The second-order valence-electron chi connectivity index (χ2n) is 8.85. The fourth-order valence-corrected chi connectivity index (χ4v) is 4.83. The van der Waals surface area contributed by atoms with E-state index in [1.807, 2.05) is 12.1 Å². The van der Waals surface area contributed by atoms with Gasteiger partial charge in [-0.25, -0.2) is 4.98 Å². The highest BCUT2D eigenvalue weighted by atomic mass is 16.1. The Kier molecular flexibility index (Phi) is 5.19. The van der Waals surface area contributed by atoms with E-state index in [0.29, 0.717) is 11.2 Å². The van der Waals surface area contributed by atoms with Gasteiger partial charge in [0.05, 0.1) is 5.69 Å². The van der Waals surface area contributed by atoms with Gasteiger partial charge >= 0.3 is 0 Å². The summed E-state index contributed by atoms with van der Waals surface area (Å²) in [7, 11) is 0. The molecule has 2 aromatic heterocycles. The first-order valence-corrected chi connectivity index (χ1v) is 10.4. The van der Waals surface area contributed by atoms with Crippen molar-refractivity contribution in [2.75, 3.05) is 13.1 Å². The minimum Gasteiger partial charge on any atom is -0.306 e. The number of rotatable bonds is 4. The van der Waals surface area contributed by atoms with Crippen LogP contribution in [0.25, 0.3) is 11.4 Å². The van der Waals surface area contributed by atoms with Crippen molar-refractivity contribution in [3.05, 3.63) is 57.3 Å². The number of nitrogens with one attached hydrogen (secondary N) is 1. The molecule has 5 heteroatoms. The van der Waals surface area contributed by atoms with Crippen LogP contribution in [-0.2, 0) is 13.0 Å². The van der Waals surface area contributed by atoms with Crippen molar-refractivity contribution in [1.82, 2.24) is 19.9 Å². The third-order valence-corrected chi connectivity index (χ3v) is 6.47. The van der Waals surface area contributed by atoms with Gasteiger partial charge in [0, 0.05) is 43.2 Å². The third-order valence-electron chi connectivity index (χ3n) is 6.47. The van der Waals surface area contributed by atoms with Crippen LogP contribution in [0, 0.1) is 5.41 Å². The zero-order valence-corrected chi connectivity index (χ0v) is 17.2. The van der Waals surface area contributed by atoms with Crippen LogP contribution in [0.15, 0.2) is 40.5 Å².